The number of benzene rings is 2. The molecule has 1 atom stereocenters. The van der Waals surface area contributed by atoms with Gasteiger partial charge in [0.15, 0.2) is 6.29 Å². The lowest BCUT2D eigenvalue weighted by atomic mass is 9.77. The molecule has 8 rings (SSSR count). The van der Waals surface area contributed by atoms with Gasteiger partial charge in [0.25, 0.3) is 0 Å². The number of ether oxygens (including phenoxy) is 6. The first kappa shape index (κ1) is 47.1. The van der Waals surface area contributed by atoms with Crippen molar-refractivity contribution in [2.24, 2.45) is 0 Å². The number of nitrogens with zero attached hydrogens (tertiary/aromatic N) is 3. The average Bonchev–Trinajstić information content (AvgIpc) is 3.67. The number of hydrogen-bond donors (Lipinski definition) is 4. The largest absolute Gasteiger partial charge is 0.475 e. The van der Waals surface area contributed by atoms with Crippen molar-refractivity contribution in [3.05, 3.63) is 107 Å². The summed E-state index contributed by atoms with van der Waals surface area (Å²) in [6.45, 7) is 12.5. The van der Waals surface area contributed by atoms with Crippen LogP contribution in [0.15, 0.2) is 72.8 Å². The lowest BCUT2D eigenvalue weighted by Crippen LogP contribution is -2.38. The lowest BCUT2D eigenvalue weighted by Gasteiger charge is -2.35. The van der Waals surface area contributed by atoms with E-state index < -0.39 is 10.8 Å². The molecule has 13 heteroatoms. The van der Waals surface area contributed by atoms with Crippen molar-refractivity contribution in [3.8, 4) is 39.7 Å². The predicted octanol–water partition coefficient (Wildman–Crippen LogP) is 7.48. The Balaban J connectivity index is 0.000000206. The molecule has 3 saturated heterocycles. The SMILES string of the molecule is Cc1ccc(-n2c(C)ccc2C)cc1-c1cc(OCCOC2CCCCO2)nc(C2(CO)CCOCC2)c1.Cc1ccc(N)cc1-c1cc(OCCO)nc(C2(CO)CCOCC2)c1. The van der Waals surface area contributed by atoms with Crippen molar-refractivity contribution in [3.63, 3.8) is 0 Å². The van der Waals surface area contributed by atoms with Crippen molar-refractivity contribution in [2.75, 3.05) is 78.4 Å². The minimum absolute atomic E-state index is 0.00215. The Morgan fingerprint density at radius 3 is 1.72 bits per heavy atom. The first-order valence-corrected chi connectivity index (χ1v) is 22.7. The summed E-state index contributed by atoms with van der Waals surface area (Å²) in [5, 5.41) is 29.7. The van der Waals surface area contributed by atoms with Gasteiger partial charge in [-0.05, 0) is 155 Å². The highest BCUT2D eigenvalue weighted by Crippen LogP contribution is 2.40. The number of aromatic nitrogens is 3. The monoisotopic (exact) mass is 878 g/mol. The first-order valence-electron chi connectivity index (χ1n) is 22.7. The van der Waals surface area contributed by atoms with Crippen molar-refractivity contribution >= 4 is 5.69 Å². The number of hydrogen-bond acceptors (Lipinski definition) is 12. The standard InChI is InChI=1S/C31H40N2O5.C20H26N2O4/c1-22-7-10-26(33-23(2)8-9-24(33)3)20-27(22)25-18-28(31(21-34)11-14-35-15-12-31)32-29(19-25)36-16-17-38-30-6-4-5-13-37-30;1-14-2-3-16(21)12-17(14)15-10-18(22-19(11-15)26-9-6-23)20(13-24)4-7-25-8-5-20/h7-10,18-20,30,34H,4-6,11-17,21H2,1-3H3;2-3,10-12,23-24H,4-9,13,21H2,1H3. The van der Waals surface area contributed by atoms with Gasteiger partial charge < -0.3 is 54.0 Å². The van der Waals surface area contributed by atoms with Gasteiger partial charge in [-0.1, -0.05) is 12.1 Å². The van der Waals surface area contributed by atoms with E-state index >= 15 is 0 Å². The van der Waals surface area contributed by atoms with Crippen molar-refractivity contribution in [1.82, 2.24) is 14.5 Å². The number of pyridine rings is 2. The second-order valence-corrected chi connectivity index (χ2v) is 17.4. The smallest absolute Gasteiger partial charge is 0.214 e. The number of rotatable bonds is 15. The van der Waals surface area contributed by atoms with Gasteiger partial charge in [0, 0.05) is 78.8 Å². The van der Waals surface area contributed by atoms with Crippen LogP contribution in [0, 0.1) is 27.7 Å². The maximum Gasteiger partial charge on any atom is 0.214 e. The number of nitrogen functional groups attached to an aromatic ring is 1. The molecule has 0 amide bonds. The molecule has 13 nitrogen and oxygen atoms in total. The molecular formula is C51H66N4O9. The van der Waals surface area contributed by atoms with Crippen LogP contribution < -0.4 is 15.2 Å². The summed E-state index contributed by atoms with van der Waals surface area (Å²) in [5.74, 6) is 0.982. The molecule has 3 fully saturated rings. The number of aryl methyl sites for hydroxylation is 4. The third kappa shape index (κ3) is 11.1. The van der Waals surface area contributed by atoms with Crippen molar-refractivity contribution in [2.45, 2.75) is 89.8 Å². The topological polar surface area (TPSA) is 173 Å². The molecule has 2 aromatic carbocycles. The average molecular weight is 879 g/mol. The quantitative estimate of drug-likeness (QED) is 0.0605. The molecule has 3 aromatic heterocycles. The summed E-state index contributed by atoms with van der Waals surface area (Å²) in [6, 6.07) is 24.6. The Labute approximate surface area is 377 Å². The van der Waals surface area contributed by atoms with E-state index in [0.717, 1.165) is 83.6 Å². The summed E-state index contributed by atoms with van der Waals surface area (Å²) in [6.07, 6.45) is 5.86. The van der Waals surface area contributed by atoms with Gasteiger partial charge in [-0.2, -0.15) is 0 Å². The van der Waals surface area contributed by atoms with Gasteiger partial charge in [-0.3, -0.25) is 0 Å². The Hall–Kier alpha value is -4.86. The zero-order valence-corrected chi connectivity index (χ0v) is 37.9. The third-order valence-electron chi connectivity index (χ3n) is 12.9. The highest BCUT2D eigenvalue weighted by atomic mass is 16.7. The molecular weight excluding hydrogens is 813 g/mol. The predicted molar refractivity (Wildman–Crippen MR) is 247 cm³/mol. The molecule has 3 aliphatic heterocycles. The van der Waals surface area contributed by atoms with Crippen LogP contribution in [0.5, 0.6) is 11.8 Å². The molecule has 0 spiro atoms. The van der Waals surface area contributed by atoms with Crippen LogP contribution in [0.1, 0.15) is 78.8 Å². The number of nitrogens with two attached hydrogens (primary N) is 1. The summed E-state index contributed by atoms with van der Waals surface area (Å²) >= 11 is 0. The van der Waals surface area contributed by atoms with Gasteiger partial charge in [0.2, 0.25) is 11.8 Å². The molecule has 0 radical (unpaired) electrons. The molecule has 64 heavy (non-hydrogen) atoms. The van der Waals surface area contributed by atoms with Crippen molar-refractivity contribution in [1.29, 1.82) is 0 Å². The van der Waals surface area contributed by atoms with Gasteiger partial charge in [0.1, 0.15) is 13.2 Å². The molecule has 1 unspecified atom stereocenters. The molecule has 3 aliphatic rings. The Morgan fingerprint density at radius 1 is 0.641 bits per heavy atom. The van der Waals surface area contributed by atoms with Crippen LogP contribution in [0.4, 0.5) is 5.69 Å². The van der Waals surface area contributed by atoms with Gasteiger partial charge in [-0.25, -0.2) is 9.97 Å². The molecule has 5 aromatic rings. The number of anilines is 1. The highest BCUT2D eigenvalue weighted by molar-refractivity contribution is 5.73. The Kier molecular flexibility index (Phi) is 16.1. The van der Waals surface area contributed by atoms with Crippen molar-refractivity contribution < 1.29 is 43.7 Å². The van der Waals surface area contributed by atoms with Crippen LogP contribution >= 0.6 is 0 Å². The maximum atomic E-state index is 10.5. The van der Waals surface area contributed by atoms with E-state index in [1.54, 1.807) is 0 Å². The van der Waals surface area contributed by atoms with Crippen LogP contribution in [-0.4, -0.2) is 109 Å². The lowest BCUT2D eigenvalue weighted by molar-refractivity contribution is -0.165. The van der Waals surface area contributed by atoms with Crippen LogP contribution in [-0.2, 0) is 29.8 Å². The van der Waals surface area contributed by atoms with E-state index in [1.165, 1.54) is 17.0 Å². The highest BCUT2D eigenvalue weighted by Gasteiger charge is 2.37. The third-order valence-corrected chi connectivity index (χ3v) is 12.9. The molecule has 0 aliphatic carbocycles. The first-order chi connectivity index (χ1) is 31.1. The van der Waals surface area contributed by atoms with Crippen LogP contribution in [0.3, 0.4) is 0 Å². The number of aliphatic hydroxyl groups excluding tert-OH is 3. The van der Waals surface area contributed by atoms with E-state index in [-0.39, 0.29) is 32.7 Å². The maximum absolute atomic E-state index is 10.5. The zero-order valence-electron chi connectivity index (χ0n) is 37.9. The van der Waals surface area contributed by atoms with Crippen LogP contribution in [0.25, 0.3) is 27.9 Å². The summed E-state index contributed by atoms with van der Waals surface area (Å²) < 4.78 is 36.7. The van der Waals surface area contributed by atoms with Gasteiger partial charge in [-0.15, -0.1) is 0 Å². The fourth-order valence-electron chi connectivity index (χ4n) is 8.93. The fraction of sp³-hybridized carbons (Fsp3) is 0.490. The van der Waals surface area contributed by atoms with Crippen LogP contribution in [0.2, 0.25) is 0 Å². The summed E-state index contributed by atoms with van der Waals surface area (Å²) in [5.41, 5.74) is 17.3. The van der Waals surface area contributed by atoms with E-state index in [1.807, 2.05) is 43.3 Å². The second kappa shape index (κ2) is 21.9. The van der Waals surface area contributed by atoms with Gasteiger partial charge >= 0.3 is 0 Å². The second-order valence-electron chi connectivity index (χ2n) is 17.4. The number of aliphatic hydroxyl groups is 3. The van der Waals surface area contributed by atoms with Gasteiger partial charge in [0.05, 0.1) is 37.8 Å². The molecule has 6 heterocycles. The van der Waals surface area contributed by atoms with E-state index in [0.29, 0.717) is 69.9 Å². The Morgan fingerprint density at radius 2 is 1.19 bits per heavy atom. The fourth-order valence-corrected chi connectivity index (χ4v) is 8.93. The Bertz CT molecular complexity index is 2270. The van der Waals surface area contributed by atoms with E-state index in [4.69, 9.17) is 44.2 Å². The molecule has 5 N–H and O–H groups in total. The summed E-state index contributed by atoms with van der Waals surface area (Å²) in [7, 11) is 0. The zero-order chi connectivity index (χ0) is 45.1. The van der Waals surface area contributed by atoms with E-state index in [2.05, 4.69) is 66.7 Å². The molecule has 0 bridgehead atoms. The minimum atomic E-state index is -0.447. The summed E-state index contributed by atoms with van der Waals surface area (Å²) in [4.78, 5) is 9.55. The van der Waals surface area contributed by atoms with E-state index in [9.17, 15) is 10.2 Å². The molecule has 0 saturated carbocycles. The normalized spacial score (nSPS) is 18.2. The molecule has 344 valence electrons. The minimum Gasteiger partial charge on any atom is -0.475 e.